The predicted molar refractivity (Wildman–Crippen MR) is 75.6 cm³/mol. The van der Waals surface area contributed by atoms with E-state index < -0.39 is 0 Å². The van der Waals surface area contributed by atoms with E-state index in [1.165, 1.54) is 18.9 Å². The lowest BCUT2D eigenvalue weighted by Crippen LogP contribution is -2.28. The molecule has 2 rings (SSSR count). The van der Waals surface area contributed by atoms with Gasteiger partial charge in [-0.1, -0.05) is 38.0 Å². The molecule has 0 bridgehead atoms. The summed E-state index contributed by atoms with van der Waals surface area (Å²) in [6.07, 6.45) is 6.23. The van der Waals surface area contributed by atoms with Gasteiger partial charge in [-0.25, -0.2) is 4.39 Å². The fourth-order valence-corrected chi connectivity index (χ4v) is 2.62. The zero-order valence-corrected chi connectivity index (χ0v) is 11.7. The molecule has 106 valence electrons. The zero-order chi connectivity index (χ0) is 13.5. The summed E-state index contributed by atoms with van der Waals surface area (Å²) in [5.74, 6) is -0.147. The van der Waals surface area contributed by atoms with E-state index in [1.807, 2.05) is 12.1 Å². The molecule has 2 nitrogen and oxygen atoms in total. The van der Waals surface area contributed by atoms with Crippen molar-refractivity contribution in [3.8, 4) is 0 Å². The first-order valence-electron chi connectivity index (χ1n) is 7.40. The van der Waals surface area contributed by atoms with Gasteiger partial charge in [0.15, 0.2) is 0 Å². The Bertz CT molecular complexity index is 377. The highest BCUT2D eigenvalue weighted by Gasteiger charge is 2.20. The highest BCUT2D eigenvalue weighted by molar-refractivity contribution is 5.21. The van der Waals surface area contributed by atoms with Gasteiger partial charge in [0.2, 0.25) is 0 Å². The van der Waals surface area contributed by atoms with Gasteiger partial charge in [-0.15, -0.1) is 0 Å². The molecule has 0 heterocycles. The molecule has 0 aliphatic heterocycles. The minimum atomic E-state index is -0.147. The number of rotatable bonds is 7. The van der Waals surface area contributed by atoms with Gasteiger partial charge in [0.1, 0.15) is 5.82 Å². The maximum absolute atomic E-state index is 13.9. The smallest absolute Gasteiger partial charge is 0.128 e. The average Bonchev–Trinajstić information content (AvgIpc) is 2.93. The van der Waals surface area contributed by atoms with Crippen molar-refractivity contribution < 1.29 is 9.13 Å². The number of nitrogens with one attached hydrogen (secondary N) is 1. The minimum absolute atomic E-state index is 0.0400. The van der Waals surface area contributed by atoms with Crippen LogP contribution in [0.15, 0.2) is 24.3 Å². The summed E-state index contributed by atoms with van der Waals surface area (Å²) in [4.78, 5) is 0. The highest BCUT2D eigenvalue weighted by Crippen LogP contribution is 2.24. The second-order valence-corrected chi connectivity index (χ2v) is 5.27. The van der Waals surface area contributed by atoms with E-state index in [2.05, 4.69) is 12.2 Å². The fourth-order valence-electron chi connectivity index (χ4n) is 2.62. The van der Waals surface area contributed by atoms with Crippen molar-refractivity contribution in [3.05, 3.63) is 35.6 Å². The molecule has 0 spiro atoms. The zero-order valence-electron chi connectivity index (χ0n) is 11.7. The average molecular weight is 265 g/mol. The summed E-state index contributed by atoms with van der Waals surface area (Å²) in [6, 6.07) is 6.94. The van der Waals surface area contributed by atoms with Crippen LogP contribution in [0.4, 0.5) is 4.39 Å². The summed E-state index contributed by atoms with van der Waals surface area (Å²) in [7, 11) is 0. The van der Waals surface area contributed by atoms with Crippen molar-refractivity contribution in [1.29, 1.82) is 0 Å². The lowest BCUT2D eigenvalue weighted by molar-refractivity contribution is 0.0420. The van der Waals surface area contributed by atoms with Crippen LogP contribution in [0.5, 0.6) is 0 Å². The molecule has 3 heteroatoms. The maximum Gasteiger partial charge on any atom is 0.128 e. The van der Waals surface area contributed by atoms with E-state index in [9.17, 15) is 4.39 Å². The van der Waals surface area contributed by atoms with Crippen LogP contribution in [0, 0.1) is 5.82 Å². The van der Waals surface area contributed by atoms with Crippen LogP contribution in [0.25, 0.3) is 0 Å². The summed E-state index contributed by atoms with van der Waals surface area (Å²) in [6.45, 7) is 3.56. The molecule has 0 saturated heterocycles. The van der Waals surface area contributed by atoms with Gasteiger partial charge < -0.3 is 10.1 Å². The van der Waals surface area contributed by atoms with Crippen LogP contribution in [-0.4, -0.2) is 19.3 Å². The Morgan fingerprint density at radius 3 is 2.74 bits per heavy atom. The first kappa shape index (κ1) is 14.5. The number of benzene rings is 1. The van der Waals surface area contributed by atoms with Crippen LogP contribution in [0.3, 0.4) is 0 Å². The molecule has 1 aromatic carbocycles. The van der Waals surface area contributed by atoms with Crippen molar-refractivity contribution in [1.82, 2.24) is 5.32 Å². The molecule has 1 saturated carbocycles. The Kier molecular flexibility index (Phi) is 5.80. The lowest BCUT2D eigenvalue weighted by atomic mass is 10.1. The molecule has 0 radical (unpaired) electrons. The van der Waals surface area contributed by atoms with Crippen LogP contribution in [0.1, 0.15) is 50.6 Å². The second-order valence-electron chi connectivity index (χ2n) is 5.27. The van der Waals surface area contributed by atoms with Crippen LogP contribution < -0.4 is 5.32 Å². The van der Waals surface area contributed by atoms with E-state index in [4.69, 9.17) is 4.74 Å². The van der Waals surface area contributed by atoms with Crippen molar-refractivity contribution in [2.24, 2.45) is 0 Å². The van der Waals surface area contributed by atoms with E-state index in [0.717, 1.165) is 25.8 Å². The molecule has 1 aromatic rings. The molecule has 1 aliphatic carbocycles. The fraction of sp³-hybridized carbons (Fsp3) is 0.625. The van der Waals surface area contributed by atoms with Crippen molar-refractivity contribution in [3.63, 3.8) is 0 Å². The number of ether oxygens (including phenoxy) is 1. The van der Waals surface area contributed by atoms with E-state index in [0.29, 0.717) is 18.3 Å². The van der Waals surface area contributed by atoms with E-state index in [-0.39, 0.29) is 11.9 Å². The van der Waals surface area contributed by atoms with E-state index >= 15 is 0 Å². The number of halogens is 1. The molecule has 1 atom stereocenters. The molecular formula is C16H24FNO. The predicted octanol–water partition coefficient (Wildman–Crippen LogP) is 3.83. The van der Waals surface area contributed by atoms with E-state index in [1.54, 1.807) is 6.07 Å². The van der Waals surface area contributed by atoms with Crippen molar-refractivity contribution in [2.75, 3.05) is 13.2 Å². The molecule has 1 fully saturated rings. The first-order valence-corrected chi connectivity index (χ1v) is 7.40. The van der Waals surface area contributed by atoms with Gasteiger partial charge in [-0.3, -0.25) is 0 Å². The van der Waals surface area contributed by atoms with Crippen molar-refractivity contribution in [2.45, 2.75) is 51.2 Å². The lowest BCUT2D eigenvalue weighted by Gasteiger charge is -2.22. The van der Waals surface area contributed by atoms with Gasteiger partial charge in [0, 0.05) is 5.56 Å². The van der Waals surface area contributed by atoms with Crippen LogP contribution in [0.2, 0.25) is 0 Å². The molecule has 1 unspecified atom stereocenters. The molecule has 1 aliphatic rings. The van der Waals surface area contributed by atoms with Gasteiger partial charge in [-0.2, -0.15) is 0 Å². The summed E-state index contributed by atoms with van der Waals surface area (Å²) in [5, 5.41) is 3.39. The monoisotopic (exact) mass is 265 g/mol. The Hall–Kier alpha value is -0.930. The molecule has 0 aromatic heterocycles. The summed E-state index contributed by atoms with van der Waals surface area (Å²) < 4.78 is 19.8. The summed E-state index contributed by atoms with van der Waals surface area (Å²) in [5.41, 5.74) is 0.717. The third-order valence-electron chi connectivity index (χ3n) is 3.72. The Labute approximate surface area is 115 Å². The van der Waals surface area contributed by atoms with Crippen LogP contribution in [-0.2, 0) is 4.74 Å². The molecule has 1 N–H and O–H groups in total. The first-order chi connectivity index (χ1) is 9.31. The van der Waals surface area contributed by atoms with Gasteiger partial charge in [-0.05, 0) is 31.9 Å². The second kappa shape index (κ2) is 7.61. The third kappa shape index (κ3) is 4.29. The largest absolute Gasteiger partial charge is 0.376 e. The minimum Gasteiger partial charge on any atom is -0.376 e. The summed E-state index contributed by atoms with van der Waals surface area (Å²) >= 11 is 0. The topological polar surface area (TPSA) is 21.3 Å². The molecule has 0 amide bonds. The standard InChI is InChI=1S/C16H24FNO/c1-2-11-18-16(12-19-13-7-3-4-8-13)14-9-5-6-10-15(14)17/h5-6,9-10,13,16,18H,2-4,7-8,11-12H2,1H3. The Balaban J connectivity index is 1.96. The van der Waals surface area contributed by atoms with Gasteiger partial charge >= 0.3 is 0 Å². The Morgan fingerprint density at radius 2 is 2.05 bits per heavy atom. The quantitative estimate of drug-likeness (QED) is 0.809. The third-order valence-corrected chi connectivity index (χ3v) is 3.72. The van der Waals surface area contributed by atoms with Crippen molar-refractivity contribution >= 4 is 0 Å². The normalized spacial score (nSPS) is 17.8. The Morgan fingerprint density at radius 1 is 1.32 bits per heavy atom. The molecular weight excluding hydrogens is 241 g/mol. The molecule has 19 heavy (non-hydrogen) atoms. The maximum atomic E-state index is 13.9. The van der Waals surface area contributed by atoms with Gasteiger partial charge in [0.05, 0.1) is 18.8 Å². The van der Waals surface area contributed by atoms with Gasteiger partial charge in [0.25, 0.3) is 0 Å². The number of hydrogen-bond acceptors (Lipinski definition) is 2. The highest BCUT2D eigenvalue weighted by atomic mass is 19.1. The SMILES string of the molecule is CCCNC(COC1CCCC1)c1ccccc1F. The number of hydrogen-bond donors (Lipinski definition) is 1. The van der Waals surface area contributed by atoms with Crippen LogP contribution >= 0.6 is 0 Å².